The van der Waals surface area contributed by atoms with E-state index in [1.54, 1.807) is 12.1 Å². The highest BCUT2D eigenvalue weighted by molar-refractivity contribution is 7.99. The highest BCUT2D eigenvalue weighted by Gasteiger charge is 2.30. The van der Waals surface area contributed by atoms with Gasteiger partial charge >= 0.3 is 6.18 Å². The molecule has 0 fully saturated rings. The van der Waals surface area contributed by atoms with Gasteiger partial charge in [0.25, 0.3) is 5.69 Å². The van der Waals surface area contributed by atoms with Crippen LogP contribution in [0.25, 0.3) is 0 Å². The zero-order valence-corrected chi connectivity index (χ0v) is 16.1. The number of aryl methyl sites for hydroxylation is 1. The van der Waals surface area contributed by atoms with E-state index in [1.807, 2.05) is 31.2 Å². The minimum Gasteiger partial charge on any atom is -0.489 e. The summed E-state index contributed by atoms with van der Waals surface area (Å²) in [6.45, 7) is 1.87. The molecule has 0 spiro atoms. The summed E-state index contributed by atoms with van der Waals surface area (Å²) < 4.78 is 43.8. The van der Waals surface area contributed by atoms with Gasteiger partial charge in [-0.25, -0.2) is 0 Å². The van der Waals surface area contributed by atoms with Crippen LogP contribution in [0.15, 0.2) is 76.5 Å². The van der Waals surface area contributed by atoms with Gasteiger partial charge in [-0.2, -0.15) is 13.2 Å². The SMILES string of the molecule is Cc1ccc(Sc2ccc(COc3cccc(C(F)(F)F)c3)cc2[N+](=O)[O-])cc1. The molecule has 0 radical (unpaired) electrons. The van der Waals surface area contributed by atoms with Crippen LogP contribution in [0.3, 0.4) is 0 Å². The molecule has 3 aromatic carbocycles. The van der Waals surface area contributed by atoms with Gasteiger partial charge in [0.1, 0.15) is 12.4 Å². The number of halogens is 3. The molecule has 3 rings (SSSR count). The molecule has 0 aliphatic carbocycles. The Morgan fingerprint density at radius 2 is 1.76 bits per heavy atom. The van der Waals surface area contributed by atoms with Crippen LogP contribution in [-0.2, 0) is 12.8 Å². The van der Waals surface area contributed by atoms with E-state index >= 15 is 0 Å². The second kappa shape index (κ2) is 8.57. The van der Waals surface area contributed by atoms with Gasteiger partial charge in [0.2, 0.25) is 0 Å². The molecule has 0 unspecified atom stereocenters. The van der Waals surface area contributed by atoms with Crippen LogP contribution < -0.4 is 4.74 Å². The van der Waals surface area contributed by atoms with Crippen LogP contribution >= 0.6 is 11.8 Å². The van der Waals surface area contributed by atoms with E-state index in [0.29, 0.717) is 10.5 Å². The predicted molar refractivity (Wildman–Crippen MR) is 104 cm³/mol. The first kappa shape index (κ1) is 20.7. The van der Waals surface area contributed by atoms with E-state index in [-0.39, 0.29) is 18.0 Å². The normalized spacial score (nSPS) is 11.3. The average molecular weight is 419 g/mol. The fourth-order valence-corrected chi connectivity index (χ4v) is 3.44. The fraction of sp³-hybridized carbons (Fsp3) is 0.143. The minimum absolute atomic E-state index is 0.0422. The zero-order valence-electron chi connectivity index (χ0n) is 15.3. The molecule has 29 heavy (non-hydrogen) atoms. The number of nitrogens with zero attached hydrogens (tertiary/aromatic N) is 1. The summed E-state index contributed by atoms with van der Waals surface area (Å²) in [6, 6.07) is 16.8. The van der Waals surface area contributed by atoms with Crippen LogP contribution in [0.4, 0.5) is 18.9 Å². The summed E-state index contributed by atoms with van der Waals surface area (Å²) in [4.78, 5) is 12.3. The molecule has 8 heteroatoms. The molecule has 0 saturated heterocycles. The standard InChI is InChI=1S/C21H16F3NO3S/c1-14-5-8-18(9-6-14)29-20-10-7-15(11-19(20)25(26)27)13-28-17-4-2-3-16(12-17)21(22,23)24/h2-12H,13H2,1H3. The highest BCUT2D eigenvalue weighted by Crippen LogP contribution is 2.36. The smallest absolute Gasteiger partial charge is 0.416 e. The number of alkyl halides is 3. The highest BCUT2D eigenvalue weighted by atomic mass is 32.2. The van der Waals surface area contributed by atoms with Crippen molar-refractivity contribution >= 4 is 17.4 Å². The van der Waals surface area contributed by atoms with Crippen molar-refractivity contribution in [2.45, 2.75) is 29.5 Å². The Hall–Kier alpha value is -3.00. The van der Waals surface area contributed by atoms with Gasteiger partial charge in [-0.15, -0.1) is 0 Å². The van der Waals surface area contributed by atoms with Crippen LogP contribution in [0.2, 0.25) is 0 Å². The molecular weight excluding hydrogens is 403 g/mol. The predicted octanol–water partition coefficient (Wildman–Crippen LogP) is 6.65. The molecule has 0 N–H and O–H groups in total. The molecule has 0 bridgehead atoms. The third-order valence-corrected chi connectivity index (χ3v) is 5.11. The largest absolute Gasteiger partial charge is 0.489 e. The van der Waals surface area contributed by atoms with Crippen molar-refractivity contribution in [3.8, 4) is 5.75 Å². The lowest BCUT2D eigenvalue weighted by atomic mass is 10.2. The van der Waals surface area contributed by atoms with Gasteiger partial charge < -0.3 is 4.74 Å². The van der Waals surface area contributed by atoms with Crippen molar-refractivity contribution in [2.75, 3.05) is 0 Å². The number of ether oxygens (including phenoxy) is 1. The Labute approximate surface area is 169 Å². The maximum atomic E-state index is 12.8. The third kappa shape index (κ3) is 5.51. The Kier molecular flexibility index (Phi) is 6.12. The van der Waals surface area contributed by atoms with Crippen LogP contribution in [0, 0.1) is 17.0 Å². The van der Waals surface area contributed by atoms with E-state index in [2.05, 4.69) is 0 Å². The molecule has 0 aliphatic heterocycles. The Morgan fingerprint density at radius 1 is 1.03 bits per heavy atom. The summed E-state index contributed by atoms with van der Waals surface area (Å²) in [5.41, 5.74) is 0.680. The monoisotopic (exact) mass is 419 g/mol. The van der Waals surface area contributed by atoms with Gasteiger partial charge in [0.15, 0.2) is 0 Å². The number of hydrogen-bond donors (Lipinski definition) is 0. The second-order valence-corrected chi connectivity index (χ2v) is 7.40. The van der Waals surface area contributed by atoms with Gasteiger partial charge in [0.05, 0.1) is 15.4 Å². The fourth-order valence-electron chi connectivity index (χ4n) is 2.54. The summed E-state index contributed by atoms with van der Waals surface area (Å²) in [6.07, 6.45) is -4.47. The zero-order chi connectivity index (χ0) is 21.0. The summed E-state index contributed by atoms with van der Waals surface area (Å²) in [7, 11) is 0. The van der Waals surface area contributed by atoms with Crippen LogP contribution in [-0.4, -0.2) is 4.92 Å². The molecule has 0 aromatic heterocycles. The number of nitro benzene ring substituents is 1. The van der Waals surface area contributed by atoms with Crippen molar-refractivity contribution < 1.29 is 22.8 Å². The number of hydrogen-bond acceptors (Lipinski definition) is 4. The molecule has 0 heterocycles. The quantitative estimate of drug-likeness (QED) is 0.331. The first-order valence-corrected chi connectivity index (χ1v) is 9.36. The van der Waals surface area contributed by atoms with Crippen molar-refractivity contribution in [1.29, 1.82) is 0 Å². The molecule has 0 amide bonds. The van der Waals surface area contributed by atoms with Crippen molar-refractivity contribution in [1.82, 2.24) is 0 Å². The Balaban J connectivity index is 1.76. The third-order valence-electron chi connectivity index (χ3n) is 4.04. The lowest BCUT2D eigenvalue weighted by molar-refractivity contribution is -0.387. The first-order chi connectivity index (χ1) is 13.7. The Bertz CT molecular complexity index is 1020. The molecule has 0 saturated carbocycles. The summed E-state index contributed by atoms with van der Waals surface area (Å²) in [5, 5.41) is 11.5. The molecule has 0 aliphatic rings. The number of rotatable bonds is 6. The average Bonchev–Trinajstić information content (AvgIpc) is 2.68. The number of benzene rings is 3. The minimum atomic E-state index is -4.47. The molecule has 3 aromatic rings. The van der Waals surface area contributed by atoms with E-state index in [9.17, 15) is 23.3 Å². The first-order valence-electron chi connectivity index (χ1n) is 8.54. The van der Waals surface area contributed by atoms with E-state index in [1.165, 1.54) is 30.0 Å². The molecule has 0 atom stereocenters. The van der Waals surface area contributed by atoms with Gasteiger partial charge in [-0.1, -0.05) is 41.6 Å². The maximum absolute atomic E-state index is 12.8. The number of nitro groups is 1. The van der Waals surface area contributed by atoms with Gasteiger partial charge in [0, 0.05) is 11.0 Å². The van der Waals surface area contributed by atoms with Crippen LogP contribution in [0.5, 0.6) is 5.75 Å². The lowest BCUT2D eigenvalue weighted by Gasteiger charge is -2.11. The van der Waals surface area contributed by atoms with Gasteiger partial charge in [-0.05, 0) is 48.9 Å². The summed E-state index contributed by atoms with van der Waals surface area (Å²) >= 11 is 1.27. The van der Waals surface area contributed by atoms with E-state index < -0.39 is 16.7 Å². The van der Waals surface area contributed by atoms with Crippen LogP contribution in [0.1, 0.15) is 16.7 Å². The topological polar surface area (TPSA) is 52.4 Å². The maximum Gasteiger partial charge on any atom is 0.416 e. The molecule has 4 nitrogen and oxygen atoms in total. The lowest BCUT2D eigenvalue weighted by Crippen LogP contribution is -2.05. The van der Waals surface area contributed by atoms with Crippen molar-refractivity contribution in [3.63, 3.8) is 0 Å². The van der Waals surface area contributed by atoms with Gasteiger partial charge in [-0.3, -0.25) is 10.1 Å². The Morgan fingerprint density at radius 3 is 2.41 bits per heavy atom. The van der Waals surface area contributed by atoms with Crippen molar-refractivity contribution in [3.05, 3.63) is 93.5 Å². The van der Waals surface area contributed by atoms with E-state index in [4.69, 9.17) is 4.74 Å². The van der Waals surface area contributed by atoms with Crippen molar-refractivity contribution in [2.24, 2.45) is 0 Å². The van der Waals surface area contributed by atoms with E-state index in [0.717, 1.165) is 22.6 Å². The molecule has 150 valence electrons. The summed E-state index contributed by atoms with van der Waals surface area (Å²) in [5.74, 6) is 0.0422. The molecular formula is C21H16F3NO3S. The second-order valence-electron chi connectivity index (χ2n) is 6.29.